The molecule has 0 bridgehead atoms. The Kier molecular flexibility index (Phi) is 20.6. The Morgan fingerprint density at radius 1 is 0.493 bits per heavy atom. The summed E-state index contributed by atoms with van der Waals surface area (Å²) in [4.78, 5) is 1.32. The van der Waals surface area contributed by atoms with E-state index in [2.05, 4.69) is 264 Å². The van der Waals surface area contributed by atoms with Crippen molar-refractivity contribution in [2.24, 2.45) is 32.5 Å². The quantitative estimate of drug-likeness (QED) is 0.0639. The van der Waals surface area contributed by atoms with Gasteiger partial charge < -0.3 is 4.74 Å². The average molecular weight is 999 g/mol. The van der Waals surface area contributed by atoms with E-state index < -0.39 is 10.8 Å². The van der Waals surface area contributed by atoms with Gasteiger partial charge >= 0.3 is 0 Å². The van der Waals surface area contributed by atoms with Crippen LogP contribution in [-0.2, 0) is 6.42 Å². The molecule has 0 aliphatic carbocycles. The maximum absolute atomic E-state index is 6.63. The first-order chi connectivity index (χ1) is 34.2. The minimum atomic E-state index is -0.744. The van der Waals surface area contributed by atoms with Gasteiger partial charge in [-0.05, 0) is 156 Å². The predicted octanol–water partition coefficient (Wildman–Crippen LogP) is 22.1. The maximum Gasteiger partial charge on any atom is 0.119 e. The first kappa shape index (κ1) is 59.3. The molecular formula is C71H97OS. The predicted molar refractivity (Wildman–Crippen MR) is 327 cm³/mol. The third-order valence-electron chi connectivity index (χ3n) is 13.5. The fraction of sp³-hybridized carbons (Fsp3) is 0.479. The van der Waals surface area contributed by atoms with Gasteiger partial charge in [0.25, 0.3) is 0 Å². The van der Waals surface area contributed by atoms with Crippen LogP contribution in [-0.4, -0.2) is 12.4 Å². The van der Waals surface area contributed by atoms with Crippen LogP contribution in [0.25, 0.3) is 33.1 Å². The fourth-order valence-electron chi connectivity index (χ4n) is 10.8. The maximum atomic E-state index is 6.63. The standard InChI is InChI=1S/C71H97OS/c1-19-23-32-63(62(49-67(8,9)10)57-38-37-53-28-24-25-29-56(53)45-57)71(64(50-68(11,12)13)55-39-41-61(42-40-55)73-44-22-4,65(51-69(14,15)16)58-30-26-31-60(46-58)72-43-21-3)70(17,18)48-59(47-66(5,6)7)54-35-33-52(27-20-2)34-36-54/h24-26,28-31,33-42,45-47,49-51H,19-23,27,32,43-44,48H2,1-18H3. The number of hydrogen-bond donors (Lipinski definition) is 0. The number of aryl methyl sites for hydroxylation is 1. The van der Waals surface area contributed by atoms with Crippen LogP contribution in [0.3, 0.4) is 0 Å². The largest absolute Gasteiger partial charge is 0.494 e. The SMILES string of the molecule is CCCC[C](C(=CC(C)(C)C)c1ccc2ccccc2c1)C(C(=CC(C)(C)C)c1ccc(SCCC)cc1)(C(=CC(C)(C)C)c1cccc(OCCC)c1)C(C)(C)CC(=CC(C)(C)C)c1ccc(CCC)cc1. The summed E-state index contributed by atoms with van der Waals surface area (Å²) in [7, 11) is 0. The lowest BCUT2D eigenvalue weighted by Gasteiger charge is -2.57. The average Bonchev–Trinajstić information content (AvgIpc) is 3.31. The Morgan fingerprint density at radius 2 is 1.07 bits per heavy atom. The molecule has 2 heteroatoms. The van der Waals surface area contributed by atoms with E-state index in [-0.39, 0.29) is 21.7 Å². The number of rotatable bonds is 22. The second-order valence-corrected chi connectivity index (χ2v) is 27.1. The Balaban J connectivity index is 2.18. The molecule has 1 nitrogen and oxygen atoms in total. The number of allylic oxidation sites excluding steroid dienone is 8. The van der Waals surface area contributed by atoms with Crippen molar-refractivity contribution in [2.75, 3.05) is 12.4 Å². The van der Waals surface area contributed by atoms with Crippen molar-refractivity contribution in [1.29, 1.82) is 0 Å². The molecule has 1 atom stereocenters. The minimum Gasteiger partial charge on any atom is -0.494 e. The molecule has 5 aromatic rings. The molecule has 0 spiro atoms. The zero-order valence-electron chi connectivity index (χ0n) is 49.2. The lowest BCUT2D eigenvalue weighted by Crippen LogP contribution is -2.47. The van der Waals surface area contributed by atoms with Crippen LogP contribution in [0.2, 0.25) is 0 Å². The monoisotopic (exact) mass is 998 g/mol. The van der Waals surface area contributed by atoms with E-state index >= 15 is 0 Å². The van der Waals surface area contributed by atoms with Gasteiger partial charge in [0, 0.05) is 16.2 Å². The number of fused-ring (bicyclic) bond motifs is 1. The van der Waals surface area contributed by atoms with Gasteiger partial charge in [0.05, 0.1) is 6.61 Å². The lowest BCUT2D eigenvalue weighted by atomic mass is 9.45. The molecule has 0 aliphatic rings. The molecule has 0 aromatic heterocycles. The van der Waals surface area contributed by atoms with Crippen LogP contribution in [0.15, 0.2) is 144 Å². The molecule has 1 unspecified atom stereocenters. The van der Waals surface area contributed by atoms with Crippen LogP contribution in [0.5, 0.6) is 5.75 Å². The van der Waals surface area contributed by atoms with Gasteiger partial charge in [-0.15, -0.1) is 11.8 Å². The van der Waals surface area contributed by atoms with E-state index in [0.717, 1.165) is 62.9 Å². The molecule has 0 fully saturated rings. The van der Waals surface area contributed by atoms with Crippen molar-refractivity contribution >= 4 is 44.8 Å². The summed E-state index contributed by atoms with van der Waals surface area (Å²) >= 11 is 1.96. The van der Waals surface area contributed by atoms with Gasteiger partial charge in [0.1, 0.15) is 5.75 Å². The fourth-order valence-corrected chi connectivity index (χ4v) is 11.5. The van der Waals surface area contributed by atoms with E-state index in [9.17, 15) is 0 Å². The normalized spacial score (nSPS) is 14.8. The van der Waals surface area contributed by atoms with Gasteiger partial charge in [0.15, 0.2) is 0 Å². The molecule has 0 amide bonds. The second-order valence-electron chi connectivity index (χ2n) is 26.0. The second kappa shape index (κ2) is 25.3. The molecule has 0 heterocycles. The Hall–Kier alpha value is -4.53. The molecule has 5 aromatic carbocycles. The van der Waals surface area contributed by atoms with E-state index in [1.807, 2.05) is 11.8 Å². The number of unbranched alkanes of at least 4 members (excludes halogenated alkanes) is 1. The van der Waals surface area contributed by atoms with Crippen molar-refractivity contribution in [1.82, 2.24) is 0 Å². The highest BCUT2D eigenvalue weighted by Gasteiger charge is 2.57. The molecule has 1 radical (unpaired) electrons. The van der Waals surface area contributed by atoms with Crippen molar-refractivity contribution < 1.29 is 4.74 Å². The number of ether oxygens (including phenoxy) is 1. The molecule has 393 valence electrons. The summed E-state index contributed by atoms with van der Waals surface area (Å²) in [6.45, 7) is 43.8. The lowest BCUT2D eigenvalue weighted by molar-refractivity contribution is 0.217. The molecule has 0 saturated heterocycles. The Morgan fingerprint density at radius 3 is 1.63 bits per heavy atom. The van der Waals surface area contributed by atoms with Gasteiger partial charge in [-0.3, -0.25) is 0 Å². The third kappa shape index (κ3) is 16.5. The number of thioether (sulfide) groups is 1. The summed E-state index contributed by atoms with van der Waals surface area (Å²) < 4.78 is 6.63. The van der Waals surface area contributed by atoms with Gasteiger partial charge in [0.2, 0.25) is 0 Å². The Labute approximate surface area is 451 Å². The van der Waals surface area contributed by atoms with E-state index in [1.54, 1.807) is 0 Å². The molecule has 5 rings (SSSR count). The molecular weight excluding hydrogens is 901 g/mol. The third-order valence-corrected chi connectivity index (χ3v) is 14.8. The molecule has 0 aliphatic heterocycles. The number of hydrogen-bond acceptors (Lipinski definition) is 2. The minimum absolute atomic E-state index is 0.0710. The van der Waals surface area contributed by atoms with E-state index in [0.29, 0.717) is 6.61 Å². The molecule has 0 saturated carbocycles. The smallest absolute Gasteiger partial charge is 0.119 e. The first-order valence-corrected chi connectivity index (χ1v) is 29.1. The van der Waals surface area contributed by atoms with E-state index in [4.69, 9.17) is 4.74 Å². The van der Waals surface area contributed by atoms with E-state index in [1.165, 1.54) is 71.7 Å². The van der Waals surface area contributed by atoms with Crippen LogP contribution < -0.4 is 4.74 Å². The van der Waals surface area contributed by atoms with Crippen LogP contribution >= 0.6 is 11.8 Å². The summed E-state index contributed by atoms with van der Waals surface area (Å²) in [6.07, 6.45) is 18.7. The summed E-state index contributed by atoms with van der Waals surface area (Å²) in [6, 6.07) is 44.7. The van der Waals surface area contributed by atoms with Crippen LogP contribution in [0.4, 0.5) is 0 Å². The summed E-state index contributed by atoms with van der Waals surface area (Å²) in [5, 5.41) is 2.52. The van der Waals surface area contributed by atoms with Gasteiger partial charge in [-0.2, -0.15) is 0 Å². The van der Waals surface area contributed by atoms with Crippen LogP contribution in [0, 0.1) is 38.4 Å². The van der Waals surface area contributed by atoms with Crippen molar-refractivity contribution in [3.8, 4) is 5.75 Å². The van der Waals surface area contributed by atoms with Gasteiger partial charge in [-0.25, -0.2) is 0 Å². The zero-order chi connectivity index (χ0) is 53.8. The summed E-state index contributed by atoms with van der Waals surface area (Å²) in [5.74, 6) is 3.49. The van der Waals surface area contributed by atoms with Crippen molar-refractivity contribution in [2.45, 2.75) is 181 Å². The zero-order valence-corrected chi connectivity index (χ0v) is 50.0. The van der Waals surface area contributed by atoms with Crippen LogP contribution in [0.1, 0.15) is 197 Å². The molecule has 73 heavy (non-hydrogen) atoms. The Bertz CT molecular complexity index is 2650. The van der Waals surface area contributed by atoms with Crippen molar-refractivity contribution in [3.63, 3.8) is 0 Å². The highest BCUT2D eigenvalue weighted by Crippen LogP contribution is 2.69. The highest BCUT2D eigenvalue weighted by atomic mass is 32.2. The van der Waals surface area contributed by atoms with Gasteiger partial charge in [-0.1, -0.05) is 253 Å². The first-order valence-electron chi connectivity index (χ1n) is 28.1. The summed E-state index contributed by atoms with van der Waals surface area (Å²) in [5.41, 5.74) is 10.0. The number of benzene rings is 5. The highest BCUT2D eigenvalue weighted by molar-refractivity contribution is 7.99. The molecule has 0 N–H and O–H groups in total. The van der Waals surface area contributed by atoms with Crippen molar-refractivity contribution in [3.05, 3.63) is 173 Å². The topological polar surface area (TPSA) is 9.23 Å².